The number of thiophene rings is 1. The molecule has 0 atom stereocenters. The number of halogens is 1. The fourth-order valence-corrected chi connectivity index (χ4v) is 4.52. The molecule has 0 bridgehead atoms. The standard InChI is InChI=1S/C21H22ClN3O4S/c1-28-16-5-4-14(13-15(16)22)23-19-18(17-3-2-12-30-17)20(26)25(21(19)27)7-6-24-8-10-29-11-9-24/h2-5,12-13,23H,6-11H2,1H3. The largest absolute Gasteiger partial charge is 0.495 e. The van der Waals surface area contributed by atoms with Gasteiger partial charge in [0.05, 0.1) is 30.9 Å². The Balaban J connectivity index is 1.58. The zero-order valence-corrected chi connectivity index (χ0v) is 18.1. The molecule has 1 saturated heterocycles. The Morgan fingerprint density at radius 1 is 1.17 bits per heavy atom. The van der Waals surface area contributed by atoms with Crippen LogP contribution in [0.4, 0.5) is 5.69 Å². The first-order valence-corrected chi connectivity index (χ1v) is 10.9. The van der Waals surface area contributed by atoms with E-state index in [9.17, 15) is 9.59 Å². The van der Waals surface area contributed by atoms with Crippen LogP contribution >= 0.6 is 22.9 Å². The molecule has 1 fully saturated rings. The number of nitrogens with zero attached hydrogens (tertiary/aromatic N) is 2. The lowest BCUT2D eigenvalue weighted by molar-refractivity contribution is -0.137. The zero-order valence-electron chi connectivity index (χ0n) is 16.5. The maximum absolute atomic E-state index is 13.2. The summed E-state index contributed by atoms with van der Waals surface area (Å²) in [5.74, 6) is -0.0722. The molecule has 7 nitrogen and oxygen atoms in total. The molecule has 1 aromatic carbocycles. The van der Waals surface area contributed by atoms with E-state index >= 15 is 0 Å². The number of amides is 2. The van der Waals surface area contributed by atoms with Crippen molar-refractivity contribution in [3.63, 3.8) is 0 Å². The van der Waals surface area contributed by atoms with Crippen LogP contribution in [0.1, 0.15) is 4.88 Å². The Morgan fingerprint density at radius 3 is 2.63 bits per heavy atom. The smallest absolute Gasteiger partial charge is 0.278 e. The molecule has 4 rings (SSSR count). The lowest BCUT2D eigenvalue weighted by Gasteiger charge is -2.28. The van der Waals surface area contributed by atoms with Crippen LogP contribution in [0, 0.1) is 0 Å². The lowest BCUT2D eigenvalue weighted by Crippen LogP contribution is -2.43. The molecule has 2 aromatic rings. The molecule has 9 heteroatoms. The van der Waals surface area contributed by atoms with Crippen LogP contribution in [0.25, 0.3) is 5.57 Å². The number of morpholine rings is 1. The Kier molecular flexibility index (Phi) is 6.38. The molecule has 0 radical (unpaired) electrons. The summed E-state index contributed by atoms with van der Waals surface area (Å²) in [5.41, 5.74) is 1.27. The van der Waals surface area contributed by atoms with Gasteiger partial charge in [0.25, 0.3) is 11.8 Å². The van der Waals surface area contributed by atoms with Crippen molar-refractivity contribution in [2.45, 2.75) is 0 Å². The predicted octanol–water partition coefficient (Wildman–Crippen LogP) is 2.93. The molecule has 158 valence electrons. The second-order valence-electron chi connectivity index (χ2n) is 6.92. The van der Waals surface area contributed by atoms with E-state index in [1.807, 2.05) is 17.5 Å². The minimum Gasteiger partial charge on any atom is -0.495 e. The number of carbonyl (C=O) groups excluding carboxylic acids is 2. The number of benzene rings is 1. The minimum atomic E-state index is -0.330. The Hall–Kier alpha value is -2.39. The number of anilines is 1. The van der Waals surface area contributed by atoms with Gasteiger partial charge in [-0.3, -0.25) is 19.4 Å². The van der Waals surface area contributed by atoms with Gasteiger partial charge in [-0.2, -0.15) is 0 Å². The van der Waals surface area contributed by atoms with Gasteiger partial charge in [-0.15, -0.1) is 11.3 Å². The summed E-state index contributed by atoms with van der Waals surface area (Å²) in [6, 6.07) is 8.86. The van der Waals surface area contributed by atoms with Gasteiger partial charge in [0.1, 0.15) is 11.4 Å². The van der Waals surface area contributed by atoms with Crippen molar-refractivity contribution >= 4 is 46.0 Å². The summed E-state index contributed by atoms with van der Waals surface area (Å²) in [6.07, 6.45) is 0. The number of hydrogen-bond acceptors (Lipinski definition) is 7. The summed E-state index contributed by atoms with van der Waals surface area (Å²) >= 11 is 7.65. The van der Waals surface area contributed by atoms with Crippen molar-refractivity contribution in [3.8, 4) is 5.75 Å². The van der Waals surface area contributed by atoms with E-state index < -0.39 is 0 Å². The number of rotatable bonds is 7. The topological polar surface area (TPSA) is 71.1 Å². The van der Waals surface area contributed by atoms with E-state index in [0.717, 1.165) is 18.0 Å². The van der Waals surface area contributed by atoms with Crippen LogP contribution in [0.3, 0.4) is 0 Å². The third-order valence-corrected chi connectivity index (χ3v) is 6.28. The van der Waals surface area contributed by atoms with E-state index in [1.54, 1.807) is 18.2 Å². The molecule has 3 heterocycles. The molecule has 2 aliphatic heterocycles. The van der Waals surface area contributed by atoms with Crippen molar-refractivity contribution in [2.75, 3.05) is 51.8 Å². The highest BCUT2D eigenvalue weighted by Crippen LogP contribution is 2.34. The van der Waals surface area contributed by atoms with Crippen molar-refractivity contribution in [3.05, 3.63) is 51.3 Å². The third kappa shape index (κ3) is 4.22. The Morgan fingerprint density at radius 2 is 1.97 bits per heavy atom. The number of ether oxygens (including phenoxy) is 2. The number of methoxy groups -OCH3 is 1. The van der Waals surface area contributed by atoms with Crippen LogP contribution in [-0.4, -0.2) is 68.1 Å². The number of carbonyl (C=O) groups is 2. The van der Waals surface area contributed by atoms with E-state index in [-0.39, 0.29) is 17.5 Å². The Labute approximate surface area is 183 Å². The Bertz CT molecular complexity index is 971. The number of hydrogen-bond donors (Lipinski definition) is 1. The van der Waals surface area contributed by atoms with Gasteiger partial charge >= 0.3 is 0 Å². The van der Waals surface area contributed by atoms with Gasteiger partial charge in [-0.05, 0) is 29.6 Å². The second kappa shape index (κ2) is 9.18. The van der Waals surface area contributed by atoms with Crippen molar-refractivity contribution in [1.82, 2.24) is 9.80 Å². The average molecular weight is 448 g/mol. The van der Waals surface area contributed by atoms with E-state index in [0.29, 0.717) is 48.3 Å². The fourth-order valence-electron chi connectivity index (χ4n) is 3.50. The summed E-state index contributed by atoms with van der Waals surface area (Å²) in [7, 11) is 1.54. The van der Waals surface area contributed by atoms with Gasteiger partial charge < -0.3 is 14.8 Å². The van der Waals surface area contributed by atoms with Gasteiger partial charge in [-0.1, -0.05) is 17.7 Å². The highest BCUT2D eigenvalue weighted by molar-refractivity contribution is 7.11. The van der Waals surface area contributed by atoms with Gasteiger partial charge in [-0.25, -0.2) is 0 Å². The SMILES string of the molecule is COc1ccc(NC2=C(c3cccs3)C(=O)N(CCN3CCOCC3)C2=O)cc1Cl. The summed E-state index contributed by atoms with van der Waals surface area (Å²) < 4.78 is 10.5. The average Bonchev–Trinajstić information content (AvgIpc) is 3.35. The highest BCUT2D eigenvalue weighted by Gasteiger charge is 2.39. The summed E-state index contributed by atoms with van der Waals surface area (Å²) in [6.45, 7) is 3.91. The normalized spacial score (nSPS) is 17.7. The van der Waals surface area contributed by atoms with E-state index in [1.165, 1.54) is 23.3 Å². The highest BCUT2D eigenvalue weighted by atomic mass is 35.5. The van der Waals surface area contributed by atoms with Gasteiger partial charge in [0, 0.05) is 36.7 Å². The monoisotopic (exact) mass is 447 g/mol. The van der Waals surface area contributed by atoms with Gasteiger partial charge in [0.2, 0.25) is 0 Å². The molecule has 1 N–H and O–H groups in total. The van der Waals surface area contributed by atoms with Crippen molar-refractivity contribution in [2.24, 2.45) is 0 Å². The van der Waals surface area contributed by atoms with Crippen LogP contribution in [0.2, 0.25) is 5.02 Å². The first-order chi connectivity index (χ1) is 14.6. The van der Waals surface area contributed by atoms with Crippen LogP contribution in [-0.2, 0) is 14.3 Å². The first kappa shape index (κ1) is 20.9. The lowest BCUT2D eigenvalue weighted by atomic mass is 10.2. The maximum Gasteiger partial charge on any atom is 0.278 e. The minimum absolute atomic E-state index is 0.269. The zero-order chi connectivity index (χ0) is 21.1. The van der Waals surface area contributed by atoms with Crippen LogP contribution in [0.5, 0.6) is 5.75 Å². The van der Waals surface area contributed by atoms with Crippen LogP contribution in [0.15, 0.2) is 41.4 Å². The van der Waals surface area contributed by atoms with Gasteiger partial charge in [0.15, 0.2) is 0 Å². The van der Waals surface area contributed by atoms with Crippen molar-refractivity contribution < 1.29 is 19.1 Å². The van der Waals surface area contributed by atoms with Crippen molar-refractivity contribution in [1.29, 1.82) is 0 Å². The maximum atomic E-state index is 13.2. The molecule has 0 saturated carbocycles. The third-order valence-electron chi connectivity index (χ3n) is 5.10. The molecule has 30 heavy (non-hydrogen) atoms. The molecule has 0 unspecified atom stereocenters. The molecule has 0 aliphatic carbocycles. The first-order valence-electron chi connectivity index (χ1n) is 9.63. The van der Waals surface area contributed by atoms with E-state index in [2.05, 4.69) is 10.2 Å². The molecular weight excluding hydrogens is 426 g/mol. The van der Waals surface area contributed by atoms with E-state index in [4.69, 9.17) is 21.1 Å². The number of nitrogens with one attached hydrogen (secondary N) is 1. The molecule has 2 amide bonds. The molecular formula is C21H22ClN3O4S. The van der Waals surface area contributed by atoms with Crippen LogP contribution < -0.4 is 10.1 Å². The quantitative estimate of drug-likeness (QED) is 0.658. The molecule has 1 aromatic heterocycles. The molecule has 0 spiro atoms. The predicted molar refractivity (Wildman–Crippen MR) is 117 cm³/mol. The molecule has 2 aliphatic rings. The fraction of sp³-hybridized carbons (Fsp3) is 0.333. The number of imide groups is 1. The second-order valence-corrected chi connectivity index (χ2v) is 8.27. The summed E-state index contributed by atoms with van der Waals surface area (Å²) in [5, 5.41) is 5.43. The summed E-state index contributed by atoms with van der Waals surface area (Å²) in [4.78, 5) is 30.6.